The number of likely N-dealkylation sites (tertiary alicyclic amines) is 1. The van der Waals surface area contributed by atoms with E-state index in [-0.39, 0.29) is 11.9 Å². The van der Waals surface area contributed by atoms with Gasteiger partial charge in [0.2, 0.25) is 17.6 Å². The largest absolute Gasteiger partial charge is 0.461 e. The molecule has 1 amide bonds. The number of furan rings is 1. The van der Waals surface area contributed by atoms with Crippen molar-refractivity contribution in [2.45, 2.75) is 25.4 Å². The third-order valence-corrected chi connectivity index (χ3v) is 4.97. The first-order chi connectivity index (χ1) is 13.1. The van der Waals surface area contributed by atoms with E-state index >= 15 is 0 Å². The van der Waals surface area contributed by atoms with Crippen LogP contribution in [0.1, 0.15) is 18.7 Å². The Morgan fingerprint density at radius 1 is 1.33 bits per heavy atom. The highest BCUT2D eigenvalue weighted by atomic mass is 35.5. The molecule has 1 atom stereocenters. The number of hydrogen-bond donors (Lipinski definition) is 1. The van der Waals surface area contributed by atoms with Gasteiger partial charge in [-0.05, 0) is 49.7 Å². The lowest BCUT2D eigenvalue weighted by Crippen LogP contribution is -2.39. The predicted octanol–water partition coefficient (Wildman–Crippen LogP) is 4.24. The molecule has 3 heterocycles. The van der Waals surface area contributed by atoms with Gasteiger partial charge < -0.3 is 14.3 Å². The molecule has 0 radical (unpaired) electrons. The SMILES string of the molecule is O=C(Nc1cc(Cl)ccc1Cl)[C@@H]1CCCN1Cc1nc(-c2ccco2)no1. The minimum atomic E-state index is -0.306. The molecule has 0 spiro atoms. The molecule has 0 unspecified atom stereocenters. The van der Waals surface area contributed by atoms with Gasteiger partial charge in [0.25, 0.3) is 0 Å². The fourth-order valence-electron chi connectivity index (χ4n) is 3.12. The van der Waals surface area contributed by atoms with Crippen molar-refractivity contribution in [2.75, 3.05) is 11.9 Å². The minimum absolute atomic E-state index is 0.137. The first-order valence-corrected chi connectivity index (χ1v) is 9.22. The Hall–Kier alpha value is -2.35. The first kappa shape index (κ1) is 18.0. The summed E-state index contributed by atoms with van der Waals surface area (Å²) in [6, 6.07) is 8.17. The van der Waals surface area contributed by atoms with E-state index in [0.29, 0.717) is 39.8 Å². The van der Waals surface area contributed by atoms with Crippen molar-refractivity contribution >= 4 is 34.8 Å². The molecule has 27 heavy (non-hydrogen) atoms. The summed E-state index contributed by atoms with van der Waals surface area (Å²) >= 11 is 12.1. The van der Waals surface area contributed by atoms with Crippen LogP contribution in [-0.2, 0) is 11.3 Å². The molecule has 3 aromatic rings. The van der Waals surface area contributed by atoms with E-state index in [1.54, 1.807) is 36.6 Å². The summed E-state index contributed by atoms with van der Waals surface area (Å²) in [5.74, 6) is 1.22. The molecule has 140 valence electrons. The molecule has 2 aromatic heterocycles. The van der Waals surface area contributed by atoms with E-state index in [1.165, 1.54) is 0 Å². The molecule has 1 fully saturated rings. The van der Waals surface area contributed by atoms with Gasteiger partial charge in [0.15, 0.2) is 5.76 Å². The van der Waals surface area contributed by atoms with Crippen LogP contribution in [0.3, 0.4) is 0 Å². The van der Waals surface area contributed by atoms with Gasteiger partial charge in [-0.3, -0.25) is 9.69 Å². The van der Waals surface area contributed by atoms with Gasteiger partial charge in [0, 0.05) is 5.02 Å². The molecule has 4 rings (SSSR count). The van der Waals surface area contributed by atoms with Crippen LogP contribution in [0.5, 0.6) is 0 Å². The summed E-state index contributed by atoms with van der Waals surface area (Å²) in [4.78, 5) is 19.1. The zero-order valence-electron chi connectivity index (χ0n) is 14.2. The number of halogens is 2. The summed E-state index contributed by atoms with van der Waals surface area (Å²) in [5, 5.41) is 7.73. The monoisotopic (exact) mass is 406 g/mol. The summed E-state index contributed by atoms with van der Waals surface area (Å²) in [6.07, 6.45) is 3.19. The molecule has 1 aliphatic rings. The summed E-state index contributed by atoms with van der Waals surface area (Å²) in [7, 11) is 0. The Kier molecular flexibility index (Phi) is 5.15. The number of hydrogen-bond acceptors (Lipinski definition) is 6. The molecule has 1 N–H and O–H groups in total. The highest BCUT2D eigenvalue weighted by molar-refractivity contribution is 6.35. The summed E-state index contributed by atoms with van der Waals surface area (Å²) < 4.78 is 10.6. The number of amides is 1. The highest BCUT2D eigenvalue weighted by Crippen LogP contribution is 2.27. The van der Waals surface area contributed by atoms with Crippen molar-refractivity contribution in [1.82, 2.24) is 15.0 Å². The van der Waals surface area contributed by atoms with E-state index in [2.05, 4.69) is 15.5 Å². The minimum Gasteiger partial charge on any atom is -0.461 e. The number of nitrogens with one attached hydrogen (secondary N) is 1. The second-order valence-corrected chi connectivity index (χ2v) is 7.07. The Morgan fingerprint density at radius 3 is 3.04 bits per heavy atom. The summed E-state index contributed by atoms with van der Waals surface area (Å²) in [6.45, 7) is 1.15. The Morgan fingerprint density at radius 2 is 2.22 bits per heavy atom. The average molecular weight is 407 g/mol. The number of carbonyl (C=O) groups excluding carboxylic acids is 1. The normalized spacial score (nSPS) is 17.3. The molecule has 0 saturated carbocycles. The molecule has 1 saturated heterocycles. The molecule has 9 heteroatoms. The van der Waals surface area contributed by atoms with E-state index < -0.39 is 0 Å². The van der Waals surface area contributed by atoms with Gasteiger partial charge in [-0.25, -0.2) is 0 Å². The van der Waals surface area contributed by atoms with E-state index in [0.717, 1.165) is 19.4 Å². The lowest BCUT2D eigenvalue weighted by Gasteiger charge is -2.22. The Balaban J connectivity index is 1.44. The van der Waals surface area contributed by atoms with Gasteiger partial charge in [0.1, 0.15) is 0 Å². The van der Waals surface area contributed by atoms with E-state index in [4.69, 9.17) is 32.1 Å². The van der Waals surface area contributed by atoms with Crippen LogP contribution in [0.2, 0.25) is 10.0 Å². The van der Waals surface area contributed by atoms with Crippen molar-refractivity contribution in [1.29, 1.82) is 0 Å². The van der Waals surface area contributed by atoms with Crippen molar-refractivity contribution < 1.29 is 13.7 Å². The van der Waals surface area contributed by atoms with Gasteiger partial charge in [0.05, 0.1) is 29.6 Å². The van der Waals surface area contributed by atoms with Crippen molar-refractivity contribution in [3.05, 3.63) is 52.5 Å². The molecule has 1 aromatic carbocycles. The number of anilines is 1. The van der Waals surface area contributed by atoms with Crippen LogP contribution < -0.4 is 5.32 Å². The smallest absolute Gasteiger partial charge is 0.241 e. The van der Waals surface area contributed by atoms with Crippen LogP contribution in [0.25, 0.3) is 11.6 Å². The van der Waals surface area contributed by atoms with Crippen LogP contribution in [0.4, 0.5) is 5.69 Å². The van der Waals surface area contributed by atoms with Gasteiger partial charge in [-0.15, -0.1) is 0 Å². The fourth-order valence-corrected chi connectivity index (χ4v) is 3.46. The highest BCUT2D eigenvalue weighted by Gasteiger charge is 2.32. The van der Waals surface area contributed by atoms with Crippen LogP contribution in [-0.4, -0.2) is 33.5 Å². The van der Waals surface area contributed by atoms with Gasteiger partial charge in [-0.2, -0.15) is 4.98 Å². The second-order valence-electron chi connectivity index (χ2n) is 6.23. The van der Waals surface area contributed by atoms with E-state index in [9.17, 15) is 4.79 Å². The molecule has 1 aliphatic heterocycles. The quantitative estimate of drug-likeness (QED) is 0.681. The molecule has 7 nitrogen and oxygen atoms in total. The second kappa shape index (κ2) is 7.72. The first-order valence-electron chi connectivity index (χ1n) is 8.46. The maximum atomic E-state index is 12.7. The average Bonchev–Trinajstić information content (AvgIpc) is 3.39. The maximum Gasteiger partial charge on any atom is 0.241 e. The van der Waals surface area contributed by atoms with Crippen molar-refractivity contribution in [3.63, 3.8) is 0 Å². The zero-order valence-corrected chi connectivity index (χ0v) is 15.7. The number of nitrogens with zero attached hydrogens (tertiary/aromatic N) is 3. The molecular weight excluding hydrogens is 391 g/mol. The van der Waals surface area contributed by atoms with E-state index in [1.807, 2.05) is 4.90 Å². The Labute approximate surface area is 165 Å². The standard InChI is InChI=1S/C18H16Cl2N4O3/c19-11-5-6-12(20)13(9-11)21-18(25)14-3-1-7-24(14)10-16-22-17(23-27-16)15-4-2-8-26-15/h2,4-6,8-9,14H,1,3,7,10H2,(H,21,25)/t14-/m0/s1. The number of carbonyl (C=O) groups is 1. The molecule has 0 bridgehead atoms. The Bertz CT molecular complexity index is 942. The molecular formula is C18H16Cl2N4O3. The third kappa shape index (κ3) is 4.00. The van der Waals surface area contributed by atoms with Crippen LogP contribution in [0.15, 0.2) is 45.5 Å². The van der Waals surface area contributed by atoms with Gasteiger partial charge >= 0.3 is 0 Å². The lowest BCUT2D eigenvalue weighted by molar-refractivity contribution is -0.120. The zero-order chi connectivity index (χ0) is 18.8. The van der Waals surface area contributed by atoms with Gasteiger partial charge in [-0.1, -0.05) is 28.4 Å². The van der Waals surface area contributed by atoms with Crippen molar-refractivity contribution in [2.24, 2.45) is 0 Å². The maximum absolute atomic E-state index is 12.7. The third-order valence-electron chi connectivity index (χ3n) is 4.40. The number of benzene rings is 1. The van der Waals surface area contributed by atoms with Crippen LogP contribution in [0, 0.1) is 0 Å². The summed E-state index contributed by atoms with van der Waals surface area (Å²) in [5.41, 5.74) is 0.499. The van der Waals surface area contributed by atoms with Crippen LogP contribution >= 0.6 is 23.2 Å². The lowest BCUT2D eigenvalue weighted by atomic mass is 10.2. The topological polar surface area (TPSA) is 84.4 Å². The number of rotatable bonds is 5. The van der Waals surface area contributed by atoms with Crippen molar-refractivity contribution in [3.8, 4) is 11.6 Å². The molecule has 0 aliphatic carbocycles. The number of aromatic nitrogens is 2. The predicted molar refractivity (Wildman–Crippen MR) is 101 cm³/mol. The fraction of sp³-hybridized carbons (Fsp3) is 0.278.